The van der Waals surface area contributed by atoms with Crippen LogP contribution in [0.2, 0.25) is 5.02 Å². The molecule has 0 saturated heterocycles. The van der Waals surface area contributed by atoms with Gasteiger partial charge in [0.05, 0.1) is 23.6 Å². The Hall–Kier alpha value is -2.58. The first-order chi connectivity index (χ1) is 13.3. The van der Waals surface area contributed by atoms with Crippen molar-refractivity contribution in [3.05, 3.63) is 64.5 Å². The lowest BCUT2D eigenvalue weighted by Gasteiger charge is -2.20. The van der Waals surface area contributed by atoms with Crippen LogP contribution in [0.1, 0.15) is 12.5 Å². The number of carbonyl (C=O) groups is 1. The SMILES string of the molecule is CCOC(=O)N(c1cccc(C(F)(F)F)c1)c1nc(-c2cccc(Cl)c2)cs1. The number of alkyl halides is 3. The summed E-state index contributed by atoms with van der Waals surface area (Å²) in [5.74, 6) is 0. The molecule has 1 heterocycles. The largest absolute Gasteiger partial charge is 0.449 e. The molecular formula is C19H14ClF3N2O2S. The van der Waals surface area contributed by atoms with Gasteiger partial charge in [0.2, 0.25) is 0 Å². The van der Waals surface area contributed by atoms with Crippen LogP contribution in [0.4, 0.5) is 28.8 Å². The maximum atomic E-state index is 13.1. The van der Waals surface area contributed by atoms with Crippen molar-refractivity contribution in [3.8, 4) is 11.3 Å². The van der Waals surface area contributed by atoms with Crippen molar-refractivity contribution in [1.82, 2.24) is 4.98 Å². The van der Waals surface area contributed by atoms with E-state index in [1.165, 1.54) is 12.1 Å². The van der Waals surface area contributed by atoms with E-state index < -0.39 is 17.8 Å². The predicted molar refractivity (Wildman–Crippen MR) is 103 cm³/mol. The van der Waals surface area contributed by atoms with E-state index in [0.717, 1.165) is 33.9 Å². The number of amides is 1. The van der Waals surface area contributed by atoms with Crippen LogP contribution in [0.3, 0.4) is 0 Å². The minimum atomic E-state index is -4.54. The lowest BCUT2D eigenvalue weighted by atomic mass is 10.2. The third-order valence-electron chi connectivity index (χ3n) is 3.69. The van der Waals surface area contributed by atoms with Crippen molar-refractivity contribution in [2.45, 2.75) is 13.1 Å². The number of halogens is 4. The Morgan fingerprint density at radius 1 is 1.21 bits per heavy atom. The summed E-state index contributed by atoms with van der Waals surface area (Å²) in [5, 5.41) is 2.40. The Balaban J connectivity index is 2.04. The van der Waals surface area contributed by atoms with Gasteiger partial charge in [-0.25, -0.2) is 14.7 Å². The van der Waals surface area contributed by atoms with Crippen molar-refractivity contribution in [2.75, 3.05) is 11.5 Å². The molecule has 0 spiro atoms. The van der Waals surface area contributed by atoms with Crippen LogP contribution in [0.15, 0.2) is 53.9 Å². The lowest BCUT2D eigenvalue weighted by molar-refractivity contribution is -0.137. The standard InChI is InChI=1S/C19H14ClF3N2O2S/c1-2-27-18(26)25(15-8-4-6-13(10-15)19(21,22)23)17-24-16(11-28-17)12-5-3-7-14(20)9-12/h3-11H,2H2,1H3. The van der Waals surface area contributed by atoms with Crippen LogP contribution in [0.5, 0.6) is 0 Å². The fourth-order valence-corrected chi connectivity index (χ4v) is 3.48. The Labute approximate surface area is 168 Å². The van der Waals surface area contributed by atoms with Gasteiger partial charge < -0.3 is 4.74 Å². The first kappa shape index (κ1) is 20.2. The molecule has 3 aromatic rings. The van der Waals surface area contributed by atoms with Gasteiger partial charge in [-0.15, -0.1) is 11.3 Å². The van der Waals surface area contributed by atoms with E-state index in [-0.39, 0.29) is 17.4 Å². The highest BCUT2D eigenvalue weighted by molar-refractivity contribution is 7.14. The second-order valence-electron chi connectivity index (χ2n) is 5.61. The maximum absolute atomic E-state index is 13.1. The molecule has 0 unspecified atom stereocenters. The molecule has 0 atom stereocenters. The number of anilines is 2. The van der Waals surface area contributed by atoms with Crippen molar-refractivity contribution in [2.24, 2.45) is 0 Å². The molecule has 4 nitrogen and oxygen atoms in total. The van der Waals surface area contributed by atoms with Crippen LogP contribution >= 0.6 is 22.9 Å². The lowest BCUT2D eigenvalue weighted by Crippen LogP contribution is -2.27. The number of aromatic nitrogens is 1. The summed E-state index contributed by atoms with van der Waals surface area (Å²) >= 11 is 7.11. The van der Waals surface area contributed by atoms with E-state index in [1.54, 1.807) is 36.6 Å². The quantitative estimate of drug-likeness (QED) is 0.462. The van der Waals surface area contributed by atoms with Gasteiger partial charge in [0.1, 0.15) is 0 Å². The molecule has 0 fully saturated rings. The van der Waals surface area contributed by atoms with E-state index in [2.05, 4.69) is 4.98 Å². The molecule has 0 radical (unpaired) electrons. The number of benzene rings is 2. The van der Waals surface area contributed by atoms with Crippen LogP contribution in [-0.4, -0.2) is 17.7 Å². The smallest absolute Gasteiger partial charge is 0.420 e. The van der Waals surface area contributed by atoms with Gasteiger partial charge in [-0.1, -0.05) is 29.8 Å². The van der Waals surface area contributed by atoms with Gasteiger partial charge in [0.15, 0.2) is 5.13 Å². The van der Waals surface area contributed by atoms with Gasteiger partial charge in [-0.3, -0.25) is 0 Å². The average molecular weight is 427 g/mol. The molecule has 0 saturated carbocycles. The molecule has 1 aromatic heterocycles. The number of nitrogens with zero attached hydrogens (tertiary/aromatic N) is 2. The maximum Gasteiger partial charge on any atom is 0.420 e. The minimum absolute atomic E-state index is 0.0141. The first-order valence-corrected chi connectivity index (χ1v) is 9.41. The molecule has 0 bridgehead atoms. The summed E-state index contributed by atoms with van der Waals surface area (Å²) < 4.78 is 44.3. The molecule has 0 aliphatic carbocycles. The summed E-state index contributed by atoms with van der Waals surface area (Å²) in [4.78, 5) is 17.9. The fourth-order valence-electron chi connectivity index (χ4n) is 2.45. The second-order valence-corrected chi connectivity index (χ2v) is 6.88. The molecule has 2 aromatic carbocycles. The van der Waals surface area contributed by atoms with E-state index in [0.29, 0.717) is 10.7 Å². The Morgan fingerprint density at radius 3 is 2.64 bits per heavy atom. The van der Waals surface area contributed by atoms with Crippen molar-refractivity contribution < 1.29 is 22.7 Å². The molecule has 3 rings (SSSR count). The molecule has 9 heteroatoms. The Morgan fingerprint density at radius 2 is 1.96 bits per heavy atom. The number of thiazole rings is 1. The topological polar surface area (TPSA) is 42.4 Å². The average Bonchev–Trinajstić information content (AvgIpc) is 3.11. The summed E-state index contributed by atoms with van der Waals surface area (Å²) in [6.45, 7) is 1.68. The fraction of sp³-hybridized carbons (Fsp3) is 0.158. The van der Waals surface area contributed by atoms with Gasteiger partial charge in [0, 0.05) is 16.0 Å². The molecular weight excluding hydrogens is 413 g/mol. The molecule has 28 heavy (non-hydrogen) atoms. The Bertz CT molecular complexity index is 991. The van der Waals surface area contributed by atoms with E-state index in [4.69, 9.17) is 16.3 Å². The molecule has 1 amide bonds. The monoisotopic (exact) mass is 426 g/mol. The highest BCUT2D eigenvalue weighted by Gasteiger charge is 2.32. The van der Waals surface area contributed by atoms with Gasteiger partial charge in [-0.05, 0) is 37.3 Å². The highest BCUT2D eigenvalue weighted by atomic mass is 35.5. The second kappa shape index (κ2) is 8.20. The summed E-state index contributed by atoms with van der Waals surface area (Å²) in [6, 6.07) is 11.4. The van der Waals surface area contributed by atoms with Crippen LogP contribution in [0.25, 0.3) is 11.3 Å². The van der Waals surface area contributed by atoms with E-state index in [9.17, 15) is 18.0 Å². The van der Waals surface area contributed by atoms with Crippen molar-refractivity contribution >= 4 is 39.8 Å². The van der Waals surface area contributed by atoms with Gasteiger partial charge in [-0.2, -0.15) is 13.2 Å². The van der Waals surface area contributed by atoms with Crippen molar-refractivity contribution in [1.29, 1.82) is 0 Å². The summed E-state index contributed by atoms with van der Waals surface area (Å²) in [6.07, 6.45) is -5.35. The predicted octanol–water partition coefficient (Wildman–Crippen LogP) is 6.78. The highest BCUT2D eigenvalue weighted by Crippen LogP contribution is 2.36. The third kappa shape index (κ3) is 4.45. The first-order valence-electron chi connectivity index (χ1n) is 8.15. The third-order valence-corrected chi connectivity index (χ3v) is 4.75. The molecule has 146 valence electrons. The van der Waals surface area contributed by atoms with Crippen LogP contribution in [-0.2, 0) is 10.9 Å². The number of ether oxygens (including phenoxy) is 1. The zero-order valence-corrected chi connectivity index (χ0v) is 16.1. The molecule has 0 aliphatic heterocycles. The number of rotatable bonds is 4. The van der Waals surface area contributed by atoms with Gasteiger partial charge >= 0.3 is 12.3 Å². The number of hydrogen-bond acceptors (Lipinski definition) is 4. The van der Waals surface area contributed by atoms with E-state index >= 15 is 0 Å². The zero-order valence-electron chi connectivity index (χ0n) is 14.5. The van der Waals surface area contributed by atoms with Crippen LogP contribution < -0.4 is 4.90 Å². The normalized spacial score (nSPS) is 11.3. The Kier molecular flexibility index (Phi) is 5.90. The zero-order chi connectivity index (χ0) is 20.3. The van der Waals surface area contributed by atoms with E-state index in [1.807, 2.05) is 0 Å². The number of hydrogen-bond donors (Lipinski definition) is 0. The van der Waals surface area contributed by atoms with Crippen LogP contribution in [0, 0.1) is 0 Å². The molecule has 0 N–H and O–H groups in total. The minimum Gasteiger partial charge on any atom is -0.449 e. The number of carbonyl (C=O) groups excluding carboxylic acids is 1. The summed E-state index contributed by atoms with van der Waals surface area (Å²) in [5.41, 5.74) is 0.415. The van der Waals surface area contributed by atoms with Crippen molar-refractivity contribution in [3.63, 3.8) is 0 Å². The van der Waals surface area contributed by atoms with Gasteiger partial charge in [0.25, 0.3) is 0 Å². The summed E-state index contributed by atoms with van der Waals surface area (Å²) in [7, 11) is 0. The molecule has 0 aliphatic rings.